The van der Waals surface area contributed by atoms with Crippen LogP contribution >= 0.6 is 0 Å². The molecule has 0 radical (unpaired) electrons. The van der Waals surface area contributed by atoms with Crippen molar-refractivity contribution < 1.29 is 29.3 Å². The van der Waals surface area contributed by atoms with Crippen molar-refractivity contribution in [3.8, 4) is 0 Å². The van der Waals surface area contributed by atoms with Gasteiger partial charge < -0.3 is 29.5 Å². The van der Waals surface area contributed by atoms with Gasteiger partial charge in [0, 0.05) is 62.6 Å². The molecule has 0 fully saturated rings. The third kappa shape index (κ3) is 7.25. The van der Waals surface area contributed by atoms with Crippen LogP contribution in [0.4, 0.5) is 11.4 Å². The van der Waals surface area contributed by atoms with E-state index in [1.54, 1.807) is 0 Å². The maximum absolute atomic E-state index is 12.2. The highest BCUT2D eigenvalue weighted by Gasteiger charge is 2.39. The molecule has 0 spiro atoms. The van der Waals surface area contributed by atoms with E-state index < -0.39 is 11.8 Å². The number of rotatable bonds is 8. The average Bonchev–Trinajstić information content (AvgIpc) is 3.11. The maximum Gasteiger partial charge on any atom is 0.313 e. The van der Waals surface area contributed by atoms with Gasteiger partial charge in [0.2, 0.25) is 0 Å². The van der Waals surface area contributed by atoms with Crippen LogP contribution in [0.25, 0.3) is 0 Å². The second kappa shape index (κ2) is 15.6. The molecular weight excluding hydrogens is 580 g/mol. The molecule has 4 atom stereocenters. The molecule has 2 aliphatic heterocycles. The molecule has 6 rings (SSSR count). The quantitative estimate of drug-likeness (QED) is 0.261. The van der Waals surface area contributed by atoms with Crippen molar-refractivity contribution >= 4 is 23.3 Å². The van der Waals surface area contributed by atoms with Crippen LogP contribution in [0.1, 0.15) is 34.1 Å². The number of esters is 2. The number of anilines is 2. The second-order valence-electron chi connectivity index (χ2n) is 11.7. The van der Waals surface area contributed by atoms with Crippen LogP contribution in [0.2, 0.25) is 0 Å². The summed E-state index contributed by atoms with van der Waals surface area (Å²) in [5.41, 5.74) is 6.35. The van der Waals surface area contributed by atoms with Crippen LogP contribution in [-0.2, 0) is 32.2 Å². The van der Waals surface area contributed by atoms with Gasteiger partial charge in [-0.25, -0.2) is 0 Å². The number of carbonyl (C=O) groups excluding carboxylic acids is 2. The van der Waals surface area contributed by atoms with Crippen LogP contribution in [0.3, 0.4) is 0 Å². The Balaban J connectivity index is 0.000000181. The standard InChI is InChI=1S/2C19H21NO3/c2*1-23-19(22)18-15(13-21)12-20(11-14-7-3-2-4-8-14)17-10-6-5-9-16(17)18/h2*2-10,15,18,21H,11-13H2,1H3/t2*15-,18-/m10/s1. The van der Waals surface area contributed by atoms with E-state index in [9.17, 15) is 19.8 Å². The minimum absolute atomic E-state index is 0.0423. The number of hydrogen-bond acceptors (Lipinski definition) is 8. The lowest BCUT2D eigenvalue weighted by Crippen LogP contribution is -2.42. The lowest BCUT2D eigenvalue weighted by Gasteiger charge is -2.39. The maximum atomic E-state index is 12.2. The predicted molar refractivity (Wildman–Crippen MR) is 179 cm³/mol. The van der Waals surface area contributed by atoms with Gasteiger partial charge in [-0.2, -0.15) is 0 Å². The molecule has 240 valence electrons. The number of ether oxygens (including phenoxy) is 2. The Labute approximate surface area is 270 Å². The Hall–Kier alpha value is -4.66. The van der Waals surface area contributed by atoms with E-state index in [2.05, 4.69) is 34.1 Å². The molecular formula is C38H42N2O6. The van der Waals surface area contributed by atoms with Crippen LogP contribution in [0, 0.1) is 11.8 Å². The van der Waals surface area contributed by atoms with Gasteiger partial charge in [-0.15, -0.1) is 0 Å². The van der Waals surface area contributed by atoms with Gasteiger partial charge in [0.1, 0.15) is 0 Å². The summed E-state index contributed by atoms with van der Waals surface area (Å²) in [6.45, 7) is 2.67. The van der Waals surface area contributed by atoms with Crippen molar-refractivity contribution in [3.63, 3.8) is 0 Å². The highest BCUT2D eigenvalue weighted by Crippen LogP contribution is 2.41. The number of nitrogens with zero attached hydrogens (tertiary/aromatic N) is 2. The van der Waals surface area contributed by atoms with Gasteiger partial charge in [0.05, 0.1) is 26.1 Å². The zero-order valence-electron chi connectivity index (χ0n) is 26.4. The second-order valence-corrected chi connectivity index (χ2v) is 11.7. The molecule has 8 heteroatoms. The third-order valence-corrected chi connectivity index (χ3v) is 8.89. The molecule has 2 N–H and O–H groups in total. The van der Waals surface area contributed by atoms with Gasteiger partial charge in [0.15, 0.2) is 0 Å². The van der Waals surface area contributed by atoms with E-state index >= 15 is 0 Å². The monoisotopic (exact) mass is 622 g/mol. The summed E-state index contributed by atoms with van der Waals surface area (Å²) in [5, 5.41) is 19.6. The highest BCUT2D eigenvalue weighted by atomic mass is 16.5. The number of aliphatic hydroxyl groups is 2. The van der Waals surface area contributed by atoms with Crippen molar-refractivity contribution in [2.45, 2.75) is 24.9 Å². The van der Waals surface area contributed by atoms with Crippen molar-refractivity contribution in [2.24, 2.45) is 11.8 Å². The number of benzene rings is 4. The number of para-hydroxylation sites is 2. The van der Waals surface area contributed by atoms with E-state index in [-0.39, 0.29) is 37.0 Å². The van der Waals surface area contributed by atoms with Crippen LogP contribution in [0.15, 0.2) is 109 Å². The molecule has 46 heavy (non-hydrogen) atoms. The summed E-state index contributed by atoms with van der Waals surface area (Å²) in [5.74, 6) is -1.71. The molecule has 0 bridgehead atoms. The summed E-state index contributed by atoms with van der Waals surface area (Å²) >= 11 is 0. The molecule has 2 aliphatic rings. The van der Waals surface area contributed by atoms with Crippen LogP contribution in [-0.4, -0.2) is 62.7 Å². The molecule has 0 amide bonds. The van der Waals surface area contributed by atoms with Gasteiger partial charge in [-0.3, -0.25) is 9.59 Å². The van der Waals surface area contributed by atoms with Crippen LogP contribution < -0.4 is 9.80 Å². The number of aliphatic hydroxyl groups excluding tert-OH is 2. The highest BCUT2D eigenvalue weighted by molar-refractivity contribution is 5.83. The van der Waals surface area contributed by atoms with Gasteiger partial charge in [-0.05, 0) is 34.4 Å². The van der Waals surface area contributed by atoms with E-state index in [0.29, 0.717) is 13.1 Å². The van der Waals surface area contributed by atoms with E-state index in [1.807, 2.05) is 84.9 Å². The largest absolute Gasteiger partial charge is 0.469 e. The fourth-order valence-corrected chi connectivity index (χ4v) is 6.68. The molecule has 0 aromatic heterocycles. The molecule has 0 aliphatic carbocycles. The average molecular weight is 623 g/mol. The zero-order chi connectivity index (χ0) is 32.5. The van der Waals surface area contributed by atoms with Crippen molar-refractivity contribution in [1.29, 1.82) is 0 Å². The molecule has 0 saturated carbocycles. The summed E-state index contributed by atoms with van der Waals surface area (Å²) in [6, 6.07) is 36.2. The Morgan fingerprint density at radius 1 is 0.587 bits per heavy atom. The summed E-state index contributed by atoms with van der Waals surface area (Å²) in [7, 11) is 2.80. The molecule has 4 aromatic carbocycles. The topological polar surface area (TPSA) is 99.5 Å². The first-order valence-corrected chi connectivity index (χ1v) is 15.6. The van der Waals surface area contributed by atoms with Crippen molar-refractivity contribution in [2.75, 3.05) is 50.3 Å². The minimum Gasteiger partial charge on any atom is -0.469 e. The van der Waals surface area contributed by atoms with Gasteiger partial charge in [0.25, 0.3) is 0 Å². The minimum atomic E-state index is -0.409. The third-order valence-electron chi connectivity index (χ3n) is 8.89. The van der Waals surface area contributed by atoms with Gasteiger partial charge in [-0.1, -0.05) is 97.1 Å². The first-order valence-electron chi connectivity index (χ1n) is 15.6. The summed E-state index contributed by atoms with van der Waals surface area (Å²) in [6.07, 6.45) is 0. The Kier molecular flexibility index (Phi) is 11.1. The summed E-state index contributed by atoms with van der Waals surface area (Å²) < 4.78 is 9.93. The molecule has 2 heterocycles. The van der Waals surface area contributed by atoms with E-state index in [4.69, 9.17) is 9.47 Å². The Morgan fingerprint density at radius 3 is 1.28 bits per heavy atom. The summed E-state index contributed by atoms with van der Waals surface area (Å²) in [4.78, 5) is 28.9. The van der Waals surface area contributed by atoms with E-state index in [0.717, 1.165) is 35.6 Å². The molecule has 0 saturated heterocycles. The molecule has 0 unspecified atom stereocenters. The SMILES string of the molecule is COC(=O)[C@@H]1c2ccccc2N(Cc2ccccc2)C[C@H]1CO.COC(=O)[C@H]1c2ccccc2N(Cc2ccccc2)C[C@@H]1CO. The van der Waals surface area contributed by atoms with Crippen molar-refractivity contribution in [1.82, 2.24) is 0 Å². The van der Waals surface area contributed by atoms with Crippen molar-refractivity contribution in [3.05, 3.63) is 131 Å². The first-order chi connectivity index (χ1) is 22.5. The van der Waals surface area contributed by atoms with E-state index in [1.165, 1.54) is 25.3 Å². The fourth-order valence-electron chi connectivity index (χ4n) is 6.68. The Morgan fingerprint density at radius 2 is 0.935 bits per heavy atom. The lowest BCUT2D eigenvalue weighted by molar-refractivity contribution is -0.145. The number of methoxy groups -OCH3 is 2. The number of hydrogen-bond donors (Lipinski definition) is 2. The number of carbonyl (C=O) groups is 2. The lowest BCUT2D eigenvalue weighted by atomic mass is 9.81. The van der Waals surface area contributed by atoms with Gasteiger partial charge >= 0.3 is 11.9 Å². The fraction of sp³-hybridized carbons (Fsp3) is 0.316. The normalized spacial score (nSPS) is 20.0. The van der Waals surface area contributed by atoms with Crippen LogP contribution in [0.5, 0.6) is 0 Å². The molecule has 8 nitrogen and oxygen atoms in total. The number of fused-ring (bicyclic) bond motifs is 2. The predicted octanol–water partition coefficient (Wildman–Crippen LogP) is 5.14. The smallest absolute Gasteiger partial charge is 0.313 e. The zero-order valence-corrected chi connectivity index (χ0v) is 26.4. The first kappa shape index (κ1) is 32.7. The molecule has 4 aromatic rings. The Bertz CT molecular complexity index is 1460.